The van der Waals surface area contributed by atoms with E-state index in [0.717, 1.165) is 18.4 Å². The molecule has 0 bridgehead atoms. The van der Waals surface area contributed by atoms with Crippen molar-refractivity contribution in [2.45, 2.75) is 18.8 Å². The van der Waals surface area contributed by atoms with E-state index in [1.54, 1.807) is 24.3 Å². The first kappa shape index (κ1) is 20.8. The minimum absolute atomic E-state index is 0.0551. The van der Waals surface area contributed by atoms with Crippen molar-refractivity contribution in [2.24, 2.45) is 0 Å². The molecule has 1 aromatic heterocycles. The van der Waals surface area contributed by atoms with Crippen LogP contribution in [0.5, 0.6) is 0 Å². The van der Waals surface area contributed by atoms with Crippen LogP contribution in [0.4, 0.5) is 11.4 Å². The Morgan fingerprint density at radius 2 is 2.06 bits per heavy atom. The van der Waals surface area contributed by atoms with Crippen molar-refractivity contribution in [3.8, 4) is 11.4 Å². The highest BCUT2D eigenvalue weighted by Crippen LogP contribution is 2.35. The van der Waals surface area contributed by atoms with Crippen LogP contribution < -0.4 is 10.2 Å². The number of nitrogens with one attached hydrogen (secondary N) is 1. The largest absolute Gasteiger partial charge is 0.365 e. The molecule has 1 saturated heterocycles. The molecule has 9 nitrogen and oxygen atoms in total. The summed E-state index contributed by atoms with van der Waals surface area (Å²) < 4.78 is 5.51. The van der Waals surface area contributed by atoms with Crippen LogP contribution in [0.2, 0.25) is 5.02 Å². The maximum absolute atomic E-state index is 11.9. The first-order valence-corrected chi connectivity index (χ1v) is 10.2. The standard InChI is InChI=1S/C21H20ClN5O4/c1-23-20(28)14-6-9-17(18(11-14)27(29)30)26-10-2-3-15(12-26)21-24-19(25-31-21)13-4-7-16(22)8-5-13/h4-9,11,15H,2-3,10,12H2,1H3,(H,23,28). The molecule has 1 aliphatic rings. The molecule has 0 radical (unpaired) electrons. The summed E-state index contributed by atoms with van der Waals surface area (Å²) in [6, 6.07) is 11.7. The molecule has 31 heavy (non-hydrogen) atoms. The summed E-state index contributed by atoms with van der Waals surface area (Å²) in [5.74, 6) is 0.552. The Balaban J connectivity index is 1.57. The monoisotopic (exact) mass is 441 g/mol. The lowest BCUT2D eigenvalue weighted by molar-refractivity contribution is -0.384. The molecule has 1 aliphatic heterocycles. The first-order chi connectivity index (χ1) is 15.0. The van der Waals surface area contributed by atoms with Gasteiger partial charge >= 0.3 is 0 Å². The number of nitro benzene ring substituents is 1. The van der Waals surface area contributed by atoms with Crippen molar-refractivity contribution in [1.29, 1.82) is 0 Å². The van der Waals surface area contributed by atoms with Gasteiger partial charge in [0.25, 0.3) is 11.6 Å². The minimum Gasteiger partial charge on any atom is -0.365 e. The van der Waals surface area contributed by atoms with Crippen molar-refractivity contribution < 1.29 is 14.2 Å². The fourth-order valence-electron chi connectivity index (χ4n) is 3.74. The van der Waals surface area contributed by atoms with Gasteiger partial charge in [-0.1, -0.05) is 16.8 Å². The maximum atomic E-state index is 11.9. The topological polar surface area (TPSA) is 114 Å². The van der Waals surface area contributed by atoms with Gasteiger partial charge in [-0.15, -0.1) is 0 Å². The maximum Gasteiger partial charge on any atom is 0.293 e. The third-order valence-corrected chi connectivity index (χ3v) is 5.57. The van der Waals surface area contributed by atoms with Crippen LogP contribution in [0.3, 0.4) is 0 Å². The average molecular weight is 442 g/mol. The van der Waals surface area contributed by atoms with Gasteiger partial charge in [-0.3, -0.25) is 14.9 Å². The van der Waals surface area contributed by atoms with Crippen LogP contribution in [-0.2, 0) is 0 Å². The van der Waals surface area contributed by atoms with Gasteiger partial charge in [0, 0.05) is 42.4 Å². The minimum atomic E-state index is -0.462. The third kappa shape index (κ3) is 4.36. The molecule has 0 saturated carbocycles. The third-order valence-electron chi connectivity index (χ3n) is 5.32. The van der Waals surface area contributed by atoms with E-state index >= 15 is 0 Å². The molecule has 160 valence electrons. The summed E-state index contributed by atoms with van der Waals surface area (Å²) in [5, 5.41) is 18.8. The van der Waals surface area contributed by atoms with Crippen molar-refractivity contribution in [1.82, 2.24) is 15.5 Å². The molecule has 1 amide bonds. The Bertz CT molecular complexity index is 1120. The highest BCUT2D eigenvalue weighted by molar-refractivity contribution is 6.30. The van der Waals surface area contributed by atoms with Crippen LogP contribution >= 0.6 is 11.6 Å². The second-order valence-electron chi connectivity index (χ2n) is 7.29. The summed E-state index contributed by atoms with van der Waals surface area (Å²) in [6.45, 7) is 1.16. The number of nitrogens with zero attached hydrogens (tertiary/aromatic N) is 4. The summed E-state index contributed by atoms with van der Waals surface area (Å²) in [4.78, 5) is 29.5. The number of hydrogen-bond acceptors (Lipinski definition) is 7. The molecular formula is C21H20ClN5O4. The van der Waals surface area contributed by atoms with Crippen LogP contribution in [0.25, 0.3) is 11.4 Å². The summed E-state index contributed by atoms with van der Waals surface area (Å²) in [6.07, 6.45) is 1.65. The number of carbonyl (C=O) groups is 1. The highest BCUT2D eigenvalue weighted by atomic mass is 35.5. The number of aromatic nitrogens is 2. The van der Waals surface area contributed by atoms with Gasteiger partial charge in [0.2, 0.25) is 11.7 Å². The van der Waals surface area contributed by atoms with Crippen LogP contribution in [0.15, 0.2) is 47.0 Å². The fourth-order valence-corrected chi connectivity index (χ4v) is 3.86. The Kier molecular flexibility index (Phi) is 5.85. The van der Waals surface area contributed by atoms with Gasteiger partial charge in [-0.25, -0.2) is 0 Å². The van der Waals surface area contributed by atoms with Gasteiger partial charge in [0.15, 0.2) is 0 Å². The first-order valence-electron chi connectivity index (χ1n) is 9.81. The quantitative estimate of drug-likeness (QED) is 0.469. The molecule has 1 N–H and O–H groups in total. The second-order valence-corrected chi connectivity index (χ2v) is 7.72. The SMILES string of the molecule is CNC(=O)c1ccc(N2CCCC(c3nc(-c4ccc(Cl)cc4)no3)C2)c([N+](=O)[O-])c1. The van der Waals surface area contributed by atoms with Crippen molar-refractivity contribution in [2.75, 3.05) is 25.0 Å². The smallest absolute Gasteiger partial charge is 0.293 e. The molecule has 3 aromatic rings. The number of amides is 1. The number of anilines is 1. The van der Waals surface area contributed by atoms with Gasteiger partial charge < -0.3 is 14.7 Å². The number of halogens is 1. The lowest BCUT2D eigenvalue weighted by atomic mass is 9.97. The predicted octanol–water partition coefficient (Wildman–Crippen LogP) is 4.04. The number of rotatable bonds is 5. The van der Waals surface area contributed by atoms with E-state index in [9.17, 15) is 14.9 Å². The average Bonchev–Trinajstić information content (AvgIpc) is 3.29. The van der Waals surface area contributed by atoms with Gasteiger partial charge in [-0.05, 0) is 49.2 Å². The Morgan fingerprint density at radius 3 is 2.77 bits per heavy atom. The molecular weight excluding hydrogens is 422 g/mol. The number of nitro groups is 1. The van der Waals surface area contributed by atoms with E-state index in [0.29, 0.717) is 35.5 Å². The fraction of sp³-hybridized carbons (Fsp3) is 0.286. The van der Waals surface area contributed by atoms with E-state index in [4.69, 9.17) is 16.1 Å². The number of benzene rings is 2. The summed E-state index contributed by atoms with van der Waals surface area (Å²) >= 11 is 5.93. The Labute approximate surface area is 183 Å². The lowest BCUT2D eigenvalue weighted by Gasteiger charge is -2.32. The molecule has 1 atom stereocenters. The van der Waals surface area contributed by atoms with Crippen LogP contribution in [-0.4, -0.2) is 41.1 Å². The van der Waals surface area contributed by atoms with Crippen LogP contribution in [0.1, 0.15) is 35.0 Å². The Morgan fingerprint density at radius 1 is 1.29 bits per heavy atom. The molecule has 0 aliphatic carbocycles. The molecule has 2 heterocycles. The number of carbonyl (C=O) groups excluding carboxylic acids is 1. The zero-order valence-electron chi connectivity index (χ0n) is 16.7. The van der Waals surface area contributed by atoms with E-state index in [1.807, 2.05) is 17.0 Å². The van der Waals surface area contributed by atoms with Gasteiger partial charge in [0.1, 0.15) is 5.69 Å². The van der Waals surface area contributed by atoms with Crippen molar-refractivity contribution in [3.63, 3.8) is 0 Å². The Hall–Kier alpha value is -3.46. The van der Waals surface area contributed by atoms with E-state index < -0.39 is 4.92 Å². The van der Waals surface area contributed by atoms with E-state index in [1.165, 1.54) is 13.1 Å². The number of piperidine rings is 1. The zero-order valence-corrected chi connectivity index (χ0v) is 17.5. The van der Waals surface area contributed by atoms with E-state index in [-0.39, 0.29) is 23.1 Å². The molecule has 10 heteroatoms. The molecule has 0 spiro atoms. The number of hydrogen-bond donors (Lipinski definition) is 1. The summed E-state index contributed by atoms with van der Waals surface area (Å²) in [7, 11) is 1.49. The second kappa shape index (κ2) is 8.73. The van der Waals surface area contributed by atoms with Gasteiger partial charge in [0.05, 0.1) is 10.8 Å². The van der Waals surface area contributed by atoms with Crippen LogP contribution in [0, 0.1) is 10.1 Å². The molecule has 2 aromatic carbocycles. The predicted molar refractivity (Wildman–Crippen MR) is 115 cm³/mol. The molecule has 4 rings (SSSR count). The van der Waals surface area contributed by atoms with Crippen molar-refractivity contribution >= 4 is 28.9 Å². The lowest BCUT2D eigenvalue weighted by Crippen LogP contribution is -2.35. The summed E-state index contributed by atoms with van der Waals surface area (Å²) in [5.41, 5.74) is 1.41. The van der Waals surface area contributed by atoms with Gasteiger partial charge in [-0.2, -0.15) is 4.98 Å². The molecule has 1 unspecified atom stereocenters. The molecule has 1 fully saturated rings. The highest BCUT2D eigenvalue weighted by Gasteiger charge is 2.30. The van der Waals surface area contributed by atoms with E-state index in [2.05, 4.69) is 15.5 Å². The van der Waals surface area contributed by atoms with Crippen molar-refractivity contribution in [3.05, 3.63) is 69.1 Å². The normalized spacial score (nSPS) is 16.2. The zero-order chi connectivity index (χ0) is 22.0.